The number of hydrogen-bond acceptors (Lipinski definition) is 3. The third kappa shape index (κ3) is 4.48. The molecule has 1 saturated heterocycles. The van der Waals surface area contributed by atoms with Crippen molar-refractivity contribution in [2.75, 3.05) is 19.0 Å². The van der Waals surface area contributed by atoms with Crippen molar-refractivity contribution in [3.05, 3.63) is 0 Å². The van der Waals surface area contributed by atoms with Gasteiger partial charge in [-0.15, -0.1) is 11.6 Å². The molecule has 76 valence electrons. The van der Waals surface area contributed by atoms with Gasteiger partial charge >= 0.3 is 5.97 Å². The number of nitrogens with one attached hydrogen (secondary N) is 1. The number of alkyl halides is 1. The molecule has 3 nitrogen and oxygen atoms in total. The van der Waals surface area contributed by atoms with Crippen LogP contribution in [0.4, 0.5) is 0 Å². The lowest BCUT2D eigenvalue weighted by Gasteiger charge is -2.22. The van der Waals surface area contributed by atoms with Crippen molar-refractivity contribution in [2.45, 2.75) is 31.7 Å². The highest BCUT2D eigenvalue weighted by Crippen LogP contribution is 2.09. The van der Waals surface area contributed by atoms with E-state index in [0.717, 1.165) is 13.0 Å². The smallest absolute Gasteiger partial charge is 0.320 e. The third-order valence-corrected chi connectivity index (χ3v) is 2.47. The Morgan fingerprint density at radius 2 is 2.38 bits per heavy atom. The van der Waals surface area contributed by atoms with Gasteiger partial charge in [0.2, 0.25) is 0 Å². The summed E-state index contributed by atoms with van der Waals surface area (Å²) >= 11 is 5.28. The Morgan fingerprint density at radius 1 is 1.54 bits per heavy atom. The Morgan fingerprint density at radius 3 is 3.00 bits per heavy atom. The van der Waals surface area contributed by atoms with E-state index in [1.165, 1.54) is 19.3 Å². The maximum Gasteiger partial charge on any atom is 0.320 e. The molecular weight excluding hydrogens is 190 g/mol. The van der Waals surface area contributed by atoms with Gasteiger partial charge in [0.15, 0.2) is 0 Å². The molecular formula is C9H16ClNO2. The van der Waals surface area contributed by atoms with Crippen LogP contribution in [0.15, 0.2) is 0 Å². The predicted octanol–water partition coefficient (Wildman–Crippen LogP) is 1.30. The Hall–Kier alpha value is -0.280. The molecule has 1 aliphatic rings. The average Bonchev–Trinajstić information content (AvgIpc) is 2.19. The Labute approximate surface area is 83.8 Å². The molecule has 0 amide bonds. The van der Waals surface area contributed by atoms with Crippen molar-refractivity contribution in [3.63, 3.8) is 0 Å². The van der Waals surface area contributed by atoms with E-state index in [-0.39, 0.29) is 11.8 Å². The normalized spacial score (nSPS) is 22.7. The van der Waals surface area contributed by atoms with E-state index >= 15 is 0 Å². The van der Waals surface area contributed by atoms with Gasteiger partial charge in [-0.05, 0) is 25.8 Å². The molecule has 0 aliphatic carbocycles. The molecule has 4 heteroatoms. The summed E-state index contributed by atoms with van der Waals surface area (Å²) in [5, 5.41) is 3.39. The second kappa shape index (κ2) is 6.22. The van der Waals surface area contributed by atoms with Crippen LogP contribution in [0.1, 0.15) is 25.7 Å². The van der Waals surface area contributed by atoms with Gasteiger partial charge in [0.25, 0.3) is 0 Å². The van der Waals surface area contributed by atoms with Crippen molar-refractivity contribution >= 4 is 17.6 Å². The Kier molecular flexibility index (Phi) is 5.16. The molecule has 1 rings (SSSR count). The number of ether oxygens (including phenoxy) is 1. The molecule has 0 saturated carbocycles. The molecule has 1 heterocycles. The van der Waals surface area contributed by atoms with E-state index < -0.39 is 0 Å². The highest BCUT2D eigenvalue weighted by Gasteiger charge is 2.12. The third-order valence-electron chi connectivity index (χ3n) is 2.25. The summed E-state index contributed by atoms with van der Waals surface area (Å²) in [7, 11) is 0. The zero-order valence-electron chi connectivity index (χ0n) is 7.72. The molecule has 1 atom stereocenters. The number of halogens is 1. The van der Waals surface area contributed by atoms with Crippen LogP contribution >= 0.6 is 11.6 Å². The number of piperidine rings is 1. The van der Waals surface area contributed by atoms with Crippen LogP contribution in [-0.2, 0) is 9.53 Å². The van der Waals surface area contributed by atoms with Crippen molar-refractivity contribution in [1.29, 1.82) is 0 Å². The maximum absolute atomic E-state index is 10.7. The first-order valence-electron chi connectivity index (χ1n) is 4.78. The lowest BCUT2D eigenvalue weighted by Crippen LogP contribution is -2.35. The summed E-state index contributed by atoms with van der Waals surface area (Å²) < 4.78 is 4.88. The second-order valence-electron chi connectivity index (χ2n) is 3.29. The van der Waals surface area contributed by atoms with Gasteiger partial charge in [-0.1, -0.05) is 6.42 Å². The topological polar surface area (TPSA) is 38.3 Å². The first-order chi connectivity index (χ1) is 6.33. The fraction of sp³-hybridized carbons (Fsp3) is 0.889. The van der Waals surface area contributed by atoms with Gasteiger partial charge in [-0.3, -0.25) is 4.79 Å². The van der Waals surface area contributed by atoms with Gasteiger partial charge in [0.1, 0.15) is 5.88 Å². The van der Waals surface area contributed by atoms with Gasteiger partial charge < -0.3 is 10.1 Å². The largest absolute Gasteiger partial charge is 0.465 e. The van der Waals surface area contributed by atoms with E-state index in [9.17, 15) is 4.79 Å². The van der Waals surface area contributed by atoms with E-state index in [2.05, 4.69) is 5.32 Å². The minimum atomic E-state index is -0.322. The van der Waals surface area contributed by atoms with E-state index in [1.54, 1.807) is 0 Å². The molecule has 1 aliphatic heterocycles. The second-order valence-corrected chi connectivity index (χ2v) is 3.56. The van der Waals surface area contributed by atoms with Gasteiger partial charge in [-0.25, -0.2) is 0 Å². The van der Waals surface area contributed by atoms with Crippen LogP contribution < -0.4 is 5.32 Å². The molecule has 0 aromatic heterocycles. The summed E-state index contributed by atoms with van der Waals surface area (Å²) in [5.74, 6) is -0.365. The Bertz CT molecular complexity index is 158. The standard InChI is InChI=1S/C9H16ClNO2/c10-7-9(12)13-6-4-8-3-1-2-5-11-8/h8,11H,1-7H2/t8-/m1/s1. The van der Waals surface area contributed by atoms with Gasteiger partial charge in [0.05, 0.1) is 6.61 Å². The molecule has 0 spiro atoms. The summed E-state index contributed by atoms with van der Waals surface area (Å²) in [6, 6.07) is 0.525. The number of carbonyl (C=O) groups is 1. The highest BCUT2D eigenvalue weighted by atomic mass is 35.5. The summed E-state index contributed by atoms with van der Waals surface area (Å²) in [6.45, 7) is 1.58. The maximum atomic E-state index is 10.7. The van der Waals surface area contributed by atoms with Crippen molar-refractivity contribution in [3.8, 4) is 0 Å². The molecule has 1 N–H and O–H groups in total. The lowest BCUT2D eigenvalue weighted by atomic mass is 10.0. The van der Waals surface area contributed by atoms with Crippen LogP contribution in [0.5, 0.6) is 0 Å². The monoisotopic (exact) mass is 205 g/mol. The van der Waals surface area contributed by atoms with E-state index in [1.807, 2.05) is 0 Å². The van der Waals surface area contributed by atoms with Crippen LogP contribution in [0.3, 0.4) is 0 Å². The highest BCUT2D eigenvalue weighted by molar-refractivity contribution is 6.26. The van der Waals surface area contributed by atoms with Crippen molar-refractivity contribution in [2.24, 2.45) is 0 Å². The summed E-state index contributed by atoms with van der Waals surface area (Å²) in [5.41, 5.74) is 0. The minimum Gasteiger partial charge on any atom is -0.465 e. The summed E-state index contributed by atoms with van der Waals surface area (Å²) in [6.07, 6.45) is 4.64. The van der Waals surface area contributed by atoms with E-state index in [0.29, 0.717) is 12.6 Å². The first kappa shape index (κ1) is 10.8. The molecule has 0 radical (unpaired) electrons. The number of hydrogen-bond donors (Lipinski definition) is 1. The fourth-order valence-corrected chi connectivity index (χ4v) is 1.60. The van der Waals surface area contributed by atoms with Crippen LogP contribution in [0.2, 0.25) is 0 Å². The van der Waals surface area contributed by atoms with E-state index in [4.69, 9.17) is 16.3 Å². The fourth-order valence-electron chi connectivity index (χ4n) is 1.52. The van der Waals surface area contributed by atoms with Crippen molar-refractivity contribution in [1.82, 2.24) is 5.32 Å². The first-order valence-corrected chi connectivity index (χ1v) is 5.31. The quantitative estimate of drug-likeness (QED) is 0.556. The van der Waals surface area contributed by atoms with Crippen LogP contribution in [0.25, 0.3) is 0 Å². The summed E-state index contributed by atoms with van der Waals surface area (Å²) in [4.78, 5) is 10.7. The predicted molar refractivity (Wildman–Crippen MR) is 51.9 cm³/mol. The lowest BCUT2D eigenvalue weighted by molar-refractivity contribution is -0.140. The Balaban J connectivity index is 2.01. The van der Waals surface area contributed by atoms with Crippen LogP contribution in [-0.4, -0.2) is 31.0 Å². The molecule has 0 aromatic carbocycles. The number of esters is 1. The molecule has 13 heavy (non-hydrogen) atoms. The average molecular weight is 206 g/mol. The SMILES string of the molecule is O=C(CCl)OCC[C@H]1CCCCN1. The molecule has 0 bridgehead atoms. The zero-order chi connectivity index (χ0) is 9.52. The van der Waals surface area contributed by atoms with Gasteiger partial charge in [-0.2, -0.15) is 0 Å². The van der Waals surface area contributed by atoms with Crippen LogP contribution in [0, 0.1) is 0 Å². The molecule has 1 fully saturated rings. The number of rotatable bonds is 4. The molecule has 0 aromatic rings. The zero-order valence-corrected chi connectivity index (χ0v) is 8.48. The molecule has 0 unspecified atom stereocenters. The van der Waals surface area contributed by atoms with Gasteiger partial charge in [0, 0.05) is 6.04 Å². The van der Waals surface area contributed by atoms with Crippen molar-refractivity contribution < 1.29 is 9.53 Å². The minimum absolute atomic E-state index is 0.0436. The number of carbonyl (C=O) groups excluding carboxylic acids is 1.